The number of halogens is 1. The minimum atomic E-state index is -0.294. The van der Waals surface area contributed by atoms with Gasteiger partial charge < -0.3 is 9.55 Å². The van der Waals surface area contributed by atoms with Crippen LogP contribution in [0.1, 0.15) is 11.1 Å². The van der Waals surface area contributed by atoms with Crippen molar-refractivity contribution < 1.29 is 4.39 Å². The molecule has 6 nitrogen and oxygen atoms in total. The van der Waals surface area contributed by atoms with Gasteiger partial charge in [0.15, 0.2) is 5.65 Å². The average molecular weight is 437 g/mol. The third-order valence-corrected chi connectivity index (χ3v) is 6.17. The highest BCUT2D eigenvalue weighted by atomic mass is 19.1. The van der Waals surface area contributed by atoms with E-state index in [0.29, 0.717) is 23.1 Å². The minimum absolute atomic E-state index is 0.100. The smallest absolute Gasteiger partial charge is 0.261 e. The van der Waals surface area contributed by atoms with Crippen LogP contribution >= 0.6 is 0 Å². The predicted molar refractivity (Wildman–Crippen MR) is 127 cm³/mol. The van der Waals surface area contributed by atoms with E-state index in [1.54, 1.807) is 33.6 Å². The number of benzene rings is 2. The zero-order valence-corrected chi connectivity index (χ0v) is 17.9. The molecular weight excluding hydrogens is 417 g/mol. The first-order chi connectivity index (χ1) is 16.1. The fraction of sp³-hybridized carbons (Fsp3) is 0.115. The van der Waals surface area contributed by atoms with Gasteiger partial charge in [0, 0.05) is 41.6 Å². The Balaban J connectivity index is 1.37. The summed E-state index contributed by atoms with van der Waals surface area (Å²) < 4.78 is 16.7. The average Bonchev–Trinajstić information content (AvgIpc) is 3.43. The lowest BCUT2D eigenvalue weighted by atomic mass is 10.1. The van der Waals surface area contributed by atoms with E-state index in [4.69, 9.17) is 0 Å². The maximum absolute atomic E-state index is 13.3. The number of hydrogen-bond donors (Lipinski definition) is 1. The number of aromatic amines is 1. The summed E-state index contributed by atoms with van der Waals surface area (Å²) in [7, 11) is 0. The fourth-order valence-electron chi connectivity index (χ4n) is 4.41. The van der Waals surface area contributed by atoms with Crippen molar-refractivity contribution in [1.82, 2.24) is 24.1 Å². The molecule has 1 N–H and O–H groups in total. The maximum Gasteiger partial charge on any atom is 0.261 e. The molecule has 6 aromatic rings. The molecule has 0 aliphatic carbocycles. The first kappa shape index (κ1) is 19.4. The van der Waals surface area contributed by atoms with Crippen LogP contribution in [0.15, 0.2) is 78.1 Å². The Bertz CT molecular complexity index is 1710. The SMILES string of the molecule is Cc1ccc2[nH]cc(CCn3ccc4c(cnc5c(-c6ccc(F)cc6)cnn54)c3=O)c2c1. The summed E-state index contributed by atoms with van der Waals surface area (Å²) in [6.07, 6.45) is 7.86. The van der Waals surface area contributed by atoms with Crippen molar-refractivity contribution in [2.75, 3.05) is 0 Å². The molecule has 0 atom stereocenters. The van der Waals surface area contributed by atoms with Crippen molar-refractivity contribution in [3.63, 3.8) is 0 Å². The zero-order valence-electron chi connectivity index (χ0n) is 17.9. The second-order valence-corrected chi connectivity index (χ2v) is 8.28. The van der Waals surface area contributed by atoms with Gasteiger partial charge in [0.05, 0.1) is 17.1 Å². The maximum atomic E-state index is 13.3. The number of rotatable bonds is 4. The summed E-state index contributed by atoms with van der Waals surface area (Å²) in [6, 6.07) is 14.4. The summed E-state index contributed by atoms with van der Waals surface area (Å²) in [6.45, 7) is 2.64. The molecule has 0 unspecified atom stereocenters. The van der Waals surface area contributed by atoms with Crippen LogP contribution in [-0.4, -0.2) is 24.1 Å². The molecule has 6 rings (SSSR count). The van der Waals surface area contributed by atoms with Gasteiger partial charge >= 0.3 is 0 Å². The third kappa shape index (κ3) is 3.20. The highest BCUT2D eigenvalue weighted by Gasteiger charge is 2.13. The fourth-order valence-corrected chi connectivity index (χ4v) is 4.41. The molecule has 4 heterocycles. The highest BCUT2D eigenvalue weighted by molar-refractivity contribution is 5.85. The number of fused-ring (bicyclic) bond motifs is 4. The predicted octanol–water partition coefficient (Wildman–Crippen LogP) is 4.88. The van der Waals surface area contributed by atoms with Gasteiger partial charge in [-0.1, -0.05) is 23.8 Å². The Hall–Kier alpha value is -4.26. The monoisotopic (exact) mass is 437 g/mol. The third-order valence-electron chi connectivity index (χ3n) is 6.17. The van der Waals surface area contributed by atoms with Gasteiger partial charge in [-0.3, -0.25) is 4.79 Å². The largest absolute Gasteiger partial charge is 0.361 e. The molecule has 0 saturated heterocycles. The molecule has 0 spiro atoms. The van der Waals surface area contributed by atoms with E-state index in [0.717, 1.165) is 23.1 Å². The van der Waals surface area contributed by atoms with Crippen molar-refractivity contribution >= 4 is 27.5 Å². The molecule has 0 bridgehead atoms. The number of H-pyrrole nitrogens is 1. The molecule has 0 aliphatic heterocycles. The molecule has 33 heavy (non-hydrogen) atoms. The molecule has 0 saturated carbocycles. The van der Waals surface area contributed by atoms with Gasteiger partial charge in [0.25, 0.3) is 5.56 Å². The Morgan fingerprint density at radius 2 is 1.88 bits per heavy atom. The van der Waals surface area contributed by atoms with E-state index in [1.807, 2.05) is 18.5 Å². The quantitative estimate of drug-likeness (QED) is 0.427. The molecule has 4 aromatic heterocycles. The Kier molecular flexibility index (Phi) is 4.36. The van der Waals surface area contributed by atoms with Crippen molar-refractivity contribution in [2.45, 2.75) is 19.9 Å². The molecule has 2 aromatic carbocycles. The highest BCUT2D eigenvalue weighted by Crippen LogP contribution is 2.25. The van der Waals surface area contributed by atoms with E-state index < -0.39 is 0 Å². The first-order valence-electron chi connectivity index (χ1n) is 10.8. The number of nitrogens with zero attached hydrogens (tertiary/aromatic N) is 4. The topological polar surface area (TPSA) is 68.0 Å². The second-order valence-electron chi connectivity index (χ2n) is 8.28. The summed E-state index contributed by atoms with van der Waals surface area (Å²) in [5, 5.41) is 6.15. The molecule has 0 radical (unpaired) electrons. The van der Waals surface area contributed by atoms with Gasteiger partial charge in [0.1, 0.15) is 5.82 Å². The van der Waals surface area contributed by atoms with Gasteiger partial charge in [-0.2, -0.15) is 5.10 Å². The summed E-state index contributed by atoms with van der Waals surface area (Å²) in [5.41, 5.74) is 6.32. The van der Waals surface area contributed by atoms with E-state index in [-0.39, 0.29) is 11.4 Å². The van der Waals surface area contributed by atoms with Crippen LogP contribution in [0.2, 0.25) is 0 Å². The van der Waals surface area contributed by atoms with Crippen LogP contribution in [0.25, 0.3) is 38.6 Å². The van der Waals surface area contributed by atoms with Crippen LogP contribution in [0.3, 0.4) is 0 Å². The van der Waals surface area contributed by atoms with Gasteiger partial charge in [-0.25, -0.2) is 13.9 Å². The van der Waals surface area contributed by atoms with Crippen LogP contribution in [0, 0.1) is 12.7 Å². The van der Waals surface area contributed by atoms with E-state index in [2.05, 4.69) is 40.2 Å². The lowest BCUT2D eigenvalue weighted by Crippen LogP contribution is -2.21. The van der Waals surface area contributed by atoms with Crippen molar-refractivity contribution in [3.05, 3.63) is 101 Å². The number of pyridine rings is 1. The van der Waals surface area contributed by atoms with Crippen molar-refractivity contribution in [2.24, 2.45) is 0 Å². The van der Waals surface area contributed by atoms with Crippen LogP contribution in [0.4, 0.5) is 4.39 Å². The van der Waals surface area contributed by atoms with Crippen LogP contribution in [0.5, 0.6) is 0 Å². The second kappa shape index (κ2) is 7.41. The first-order valence-corrected chi connectivity index (χ1v) is 10.8. The van der Waals surface area contributed by atoms with E-state index in [1.165, 1.54) is 28.6 Å². The Morgan fingerprint density at radius 1 is 1.03 bits per heavy atom. The van der Waals surface area contributed by atoms with E-state index >= 15 is 0 Å². The van der Waals surface area contributed by atoms with Crippen molar-refractivity contribution in [3.8, 4) is 11.1 Å². The van der Waals surface area contributed by atoms with Crippen LogP contribution in [-0.2, 0) is 13.0 Å². The summed E-state index contributed by atoms with van der Waals surface area (Å²) >= 11 is 0. The number of hydrogen-bond acceptors (Lipinski definition) is 3. The molecule has 162 valence electrons. The molecular formula is C26H20FN5O. The standard InChI is InChI=1S/C26H20FN5O/c1-16-2-7-23-20(12-16)18(13-28-23)8-10-31-11-9-24-22(26(31)33)14-29-25-21(15-30-32(24)25)17-3-5-19(27)6-4-17/h2-7,9,11-15,28H,8,10H2,1H3. The zero-order chi connectivity index (χ0) is 22.5. The van der Waals surface area contributed by atoms with Gasteiger partial charge in [-0.05, 0) is 54.8 Å². The molecule has 7 heteroatoms. The number of nitrogens with one attached hydrogen (secondary N) is 1. The normalized spacial score (nSPS) is 11.7. The van der Waals surface area contributed by atoms with Gasteiger partial charge in [-0.15, -0.1) is 0 Å². The lowest BCUT2D eigenvalue weighted by Gasteiger charge is -2.08. The molecule has 0 fully saturated rings. The minimum Gasteiger partial charge on any atom is -0.361 e. The van der Waals surface area contributed by atoms with Crippen molar-refractivity contribution in [1.29, 1.82) is 0 Å². The molecule has 0 aliphatic rings. The lowest BCUT2D eigenvalue weighted by molar-refractivity contribution is 0.628. The van der Waals surface area contributed by atoms with E-state index in [9.17, 15) is 9.18 Å². The number of aryl methyl sites for hydroxylation is 3. The van der Waals surface area contributed by atoms with Gasteiger partial charge in [0.2, 0.25) is 0 Å². The van der Waals surface area contributed by atoms with Crippen LogP contribution < -0.4 is 5.56 Å². The summed E-state index contributed by atoms with van der Waals surface area (Å²) in [4.78, 5) is 21.0. The number of aromatic nitrogens is 5. The Labute approximate surface area is 187 Å². The summed E-state index contributed by atoms with van der Waals surface area (Å²) in [5.74, 6) is -0.294. The Morgan fingerprint density at radius 3 is 2.73 bits per heavy atom. The molecule has 0 amide bonds.